The molecule has 0 saturated carbocycles. The lowest BCUT2D eigenvalue weighted by molar-refractivity contribution is -0.132. The number of aromatic nitrogens is 5. The number of piperazine rings is 1. The molecule has 1 fully saturated rings. The summed E-state index contributed by atoms with van der Waals surface area (Å²) >= 11 is 1.58. The molecule has 0 aliphatic carbocycles. The molecule has 5 rings (SSSR count). The zero-order valence-corrected chi connectivity index (χ0v) is 16.7. The van der Waals surface area contributed by atoms with Crippen molar-refractivity contribution in [3.05, 3.63) is 52.2 Å². The van der Waals surface area contributed by atoms with Crippen LogP contribution in [0.15, 0.2) is 40.8 Å². The number of amides is 1. The SMILES string of the molecule is Cc1nn(CC(=O)N2CCN(c3ncccn3)CC2)c(=O)c2cc3sccc3n12. The molecule has 0 unspecified atom stereocenters. The first-order valence-electron chi connectivity index (χ1n) is 9.38. The second kappa shape index (κ2) is 6.96. The molecular formula is C19H19N7O2S. The van der Waals surface area contributed by atoms with E-state index in [-0.39, 0.29) is 18.0 Å². The fourth-order valence-corrected chi connectivity index (χ4v) is 4.58. The summed E-state index contributed by atoms with van der Waals surface area (Å²) in [7, 11) is 0. The van der Waals surface area contributed by atoms with Gasteiger partial charge < -0.3 is 9.80 Å². The first kappa shape index (κ1) is 17.8. The molecule has 9 nitrogen and oxygen atoms in total. The Balaban J connectivity index is 1.34. The maximum absolute atomic E-state index is 12.9. The zero-order chi connectivity index (χ0) is 20.0. The number of carbonyl (C=O) groups is 1. The average molecular weight is 409 g/mol. The van der Waals surface area contributed by atoms with Gasteiger partial charge in [-0.15, -0.1) is 11.3 Å². The molecule has 1 amide bonds. The maximum Gasteiger partial charge on any atom is 0.291 e. The lowest BCUT2D eigenvalue weighted by Crippen LogP contribution is -2.50. The number of hydrogen-bond acceptors (Lipinski definition) is 7. The van der Waals surface area contributed by atoms with E-state index in [1.807, 2.05) is 28.8 Å². The van der Waals surface area contributed by atoms with Crippen molar-refractivity contribution in [2.24, 2.45) is 0 Å². The second-order valence-electron chi connectivity index (χ2n) is 6.96. The summed E-state index contributed by atoms with van der Waals surface area (Å²) in [6.07, 6.45) is 3.42. The fourth-order valence-electron chi connectivity index (χ4n) is 3.77. The highest BCUT2D eigenvalue weighted by Gasteiger charge is 2.23. The third-order valence-corrected chi connectivity index (χ3v) is 6.07. The molecule has 29 heavy (non-hydrogen) atoms. The molecule has 10 heteroatoms. The summed E-state index contributed by atoms with van der Waals surface area (Å²) in [6.45, 7) is 4.23. The fraction of sp³-hybridized carbons (Fsp3) is 0.316. The van der Waals surface area contributed by atoms with Gasteiger partial charge in [0.15, 0.2) is 0 Å². The van der Waals surface area contributed by atoms with Crippen LogP contribution in [0.2, 0.25) is 0 Å². The van der Waals surface area contributed by atoms with Gasteiger partial charge in [-0.2, -0.15) is 5.10 Å². The van der Waals surface area contributed by atoms with Gasteiger partial charge in [0.1, 0.15) is 17.9 Å². The molecule has 0 aromatic carbocycles. The lowest BCUT2D eigenvalue weighted by Gasteiger charge is -2.34. The van der Waals surface area contributed by atoms with E-state index in [1.165, 1.54) is 4.68 Å². The van der Waals surface area contributed by atoms with Gasteiger partial charge in [0.25, 0.3) is 5.56 Å². The van der Waals surface area contributed by atoms with E-state index in [0.717, 1.165) is 10.2 Å². The van der Waals surface area contributed by atoms with E-state index >= 15 is 0 Å². The van der Waals surface area contributed by atoms with Crippen molar-refractivity contribution >= 4 is 38.9 Å². The molecule has 4 aromatic rings. The van der Waals surface area contributed by atoms with Gasteiger partial charge in [-0.05, 0) is 30.5 Å². The zero-order valence-electron chi connectivity index (χ0n) is 15.9. The number of carbonyl (C=O) groups excluding carboxylic acids is 1. The van der Waals surface area contributed by atoms with Gasteiger partial charge in [-0.3, -0.25) is 14.0 Å². The highest BCUT2D eigenvalue weighted by molar-refractivity contribution is 7.17. The van der Waals surface area contributed by atoms with Crippen LogP contribution in [0, 0.1) is 6.92 Å². The summed E-state index contributed by atoms with van der Waals surface area (Å²) in [5, 5.41) is 6.39. The number of fused-ring (bicyclic) bond motifs is 3. The van der Waals surface area contributed by atoms with Crippen LogP contribution in [0.1, 0.15) is 5.82 Å². The van der Waals surface area contributed by atoms with Crippen LogP contribution in [0.3, 0.4) is 0 Å². The molecule has 0 atom stereocenters. The van der Waals surface area contributed by atoms with Gasteiger partial charge in [0.2, 0.25) is 11.9 Å². The van der Waals surface area contributed by atoms with Gasteiger partial charge in [-0.25, -0.2) is 14.6 Å². The van der Waals surface area contributed by atoms with Gasteiger partial charge in [0, 0.05) is 38.6 Å². The van der Waals surface area contributed by atoms with Crippen LogP contribution in [-0.2, 0) is 11.3 Å². The summed E-state index contributed by atoms with van der Waals surface area (Å²) in [4.78, 5) is 38.0. The molecular weight excluding hydrogens is 390 g/mol. The summed E-state index contributed by atoms with van der Waals surface area (Å²) in [6, 6.07) is 5.63. The number of thiophene rings is 1. The third-order valence-electron chi connectivity index (χ3n) is 5.22. The van der Waals surface area contributed by atoms with E-state index < -0.39 is 0 Å². The monoisotopic (exact) mass is 409 g/mol. The smallest absolute Gasteiger partial charge is 0.291 e. The number of rotatable bonds is 3. The van der Waals surface area contributed by atoms with Crippen molar-refractivity contribution in [3.8, 4) is 0 Å². The van der Waals surface area contributed by atoms with Crippen molar-refractivity contribution < 1.29 is 4.79 Å². The Morgan fingerprint density at radius 2 is 1.90 bits per heavy atom. The Kier molecular flexibility index (Phi) is 4.27. The van der Waals surface area contributed by atoms with Crippen LogP contribution in [0.4, 0.5) is 5.95 Å². The summed E-state index contributed by atoms with van der Waals surface area (Å²) < 4.78 is 4.17. The predicted molar refractivity (Wildman–Crippen MR) is 110 cm³/mol. The molecule has 0 radical (unpaired) electrons. The van der Waals surface area contributed by atoms with Crippen molar-refractivity contribution in [2.75, 3.05) is 31.1 Å². The van der Waals surface area contributed by atoms with Crippen molar-refractivity contribution in [1.82, 2.24) is 29.0 Å². The molecule has 0 spiro atoms. The average Bonchev–Trinajstić information content (AvgIpc) is 3.34. The van der Waals surface area contributed by atoms with Crippen LogP contribution < -0.4 is 10.5 Å². The minimum atomic E-state index is -0.247. The van der Waals surface area contributed by atoms with Gasteiger partial charge in [-0.1, -0.05) is 0 Å². The highest BCUT2D eigenvalue weighted by Crippen LogP contribution is 2.24. The third kappa shape index (κ3) is 3.05. The minimum Gasteiger partial charge on any atom is -0.338 e. The number of hydrogen-bond donors (Lipinski definition) is 0. The Morgan fingerprint density at radius 3 is 2.66 bits per heavy atom. The summed E-state index contributed by atoms with van der Waals surface area (Å²) in [5.41, 5.74) is 1.28. The minimum absolute atomic E-state index is 0.0587. The standard InChI is InChI=1S/C19H19N7O2S/c1-13-22-25(18(28)15-11-16-14(26(13)15)3-10-29-16)12-17(27)23-6-8-24(9-7-23)19-20-4-2-5-21-19/h2-5,10-11H,6-9,12H2,1H3. The Labute approximate surface area is 169 Å². The highest BCUT2D eigenvalue weighted by atomic mass is 32.1. The van der Waals surface area contributed by atoms with E-state index in [4.69, 9.17) is 0 Å². The van der Waals surface area contributed by atoms with E-state index in [0.29, 0.717) is 43.5 Å². The van der Waals surface area contributed by atoms with Crippen molar-refractivity contribution in [3.63, 3.8) is 0 Å². The first-order valence-corrected chi connectivity index (χ1v) is 10.3. The Hall–Kier alpha value is -3.27. The largest absolute Gasteiger partial charge is 0.338 e. The van der Waals surface area contributed by atoms with Crippen LogP contribution in [-0.4, -0.2) is 61.1 Å². The van der Waals surface area contributed by atoms with Crippen molar-refractivity contribution in [1.29, 1.82) is 0 Å². The molecule has 4 aromatic heterocycles. The van der Waals surface area contributed by atoms with Crippen molar-refractivity contribution in [2.45, 2.75) is 13.5 Å². The van der Waals surface area contributed by atoms with Gasteiger partial charge in [0.05, 0.1) is 10.2 Å². The maximum atomic E-state index is 12.9. The molecule has 0 bridgehead atoms. The second-order valence-corrected chi connectivity index (χ2v) is 7.91. The molecule has 148 valence electrons. The van der Waals surface area contributed by atoms with Gasteiger partial charge >= 0.3 is 0 Å². The van der Waals surface area contributed by atoms with E-state index in [2.05, 4.69) is 20.0 Å². The Morgan fingerprint density at radius 1 is 1.14 bits per heavy atom. The van der Waals surface area contributed by atoms with Crippen LogP contribution >= 0.6 is 11.3 Å². The van der Waals surface area contributed by atoms with Crippen LogP contribution in [0.25, 0.3) is 15.7 Å². The molecule has 1 saturated heterocycles. The molecule has 1 aliphatic rings. The summed E-state index contributed by atoms with van der Waals surface area (Å²) in [5.74, 6) is 1.25. The first-order chi connectivity index (χ1) is 14.1. The van der Waals surface area contributed by atoms with Crippen LogP contribution in [0.5, 0.6) is 0 Å². The lowest BCUT2D eigenvalue weighted by atomic mass is 10.3. The molecule has 0 N–H and O–H groups in total. The molecule has 5 heterocycles. The number of anilines is 1. The Bertz CT molecular complexity index is 1250. The molecule has 1 aliphatic heterocycles. The number of nitrogens with zero attached hydrogens (tertiary/aromatic N) is 7. The van der Waals surface area contributed by atoms with E-state index in [9.17, 15) is 9.59 Å². The number of aryl methyl sites for hydroxylation is 1. The quantitative estimate of drug-likeness (QED) is 0.505. The predicted octanol–water partition coefficient (Wildman–Crippen LogP) is 1.16. The normalized spacial score (nSPS) is 14.8. The topological polar surface area (TPSA) is 88.6 Å². The van der Waals surface area contributed by atoms with E-state index in [1.54, 1.807) is 34.7 Å².